The summed E-state index contributed by atoms with van der Waals surface area (Å²) in [6.07, 6.45) is 4.16. The molecule has 0 radical (unpaired) electrons. The number of thioether (sulfide) groups is 1. The van der Waals surface area contributed by atoms with Gasteiger partial charge in [0.15, 0.2) is 0 Å². The Balaban J connectivity index is 2.02. The third-order valence-corrected chi connectivity index (χ3v) is 4.44. The largest absolute Gasteiger partial charge is 0.398 e. The number of halogens is 1. The van der Waals surface area contributed by atoms with Crippen LogP contribution in [0.1, 0.15) is 38.4 Å². The summed E-state index contributed by atoms with van der Waals surface area (Å²) in [5, 5.41) is 4.58. The summed E-state index contributed by atoms with van der Waals surface area (Å²) >= 11 is 1.51. The zero-order valence-electron chi connectivity index (χ0n) is 11.8. The maximum atomic E-state index is 13.2. The minimum Gasteiger partial charge on any atom is -0.398 e. The van der Waals surface area contributed by atoms with Crippen molar-refractivity contribution in [1.29, 1.82) is 0 Å². The topological polar surface area (TPSA) is 43.8 Å². The van der Waals surface area contributed by atoms with Crippen LogP contribution in [0.4, 0.5) is 10.1 Å². The predicted octanol–water partition coefficient (Wildman–Crippen LogP) is 4.26. The van der Waals surface area contributed by atoms with Crippen LogP contribution in [0.25, 0.3) is 0 Å². The van der Waals surface area contributed by atoms with Crippen LogP contribution in [0.3, 0.4) is 0 Å². The van der Waals surface area contributed by atoms with Crippen LogP contribution in [0.2, 0.25) is 0 Å². The summed E-state index contributed by atoms with van der Waals surface area (Å²) in [6.45, 7) is 4.33. The van der Waals surface area contributed by atoms with Gasteiger partial charge in [-0.25, -0.2) is 4.39 Å². The predicted molar refractivity (Wildman–Crippen MR) is 82.2 cm³/mol. The zero-order valence-corrected chi connectivity index (χ0v) is 12.7. The Labute approximate surface area is 123 Å². The average molecular weight is 293 g/mol. The van der Waals surface area contributed by atoms with Gasteiger partial charge in [0.1, 0.15) is 5.82 Å². The summed E-state index contributed by atoms with van der Waals surface area (Å²) in [4.78, 5) is 0.766. The lowest BCUT2D eigenvalue weighted by atomic mass is 10.2. The van der Waals surface area contributed by atoms with Crippen molar-refractivity contribution in [1.82, 2.24) is 9.78 Å². The maximum absolute atomic E-state index is 13.2. The minimum atomic E-state index is -0.260. The molecule has 0 amide bonds. The smallest absolute Gasteiger partial charge is 0.124 e. The normalized spacial score (nSPS) is 11.2. The molecule has 0 fully saturated rings. The molecule has 0 unspecified atom stereocenters. The molecule has 2 N–H and O–H groups in total. The Morgan fingerprint density at radius 2 is 2.05 bits per heavy atom. The van der Waals surface area contributed by atoms with E-state index < -0.39 is 0 Å². The summed E-state index contributed by atoms with van der Waals surface area (Å²) in [5.41, 5.74) is 7.44. The Bertz CT molecular complexity index is 564. The van der Waals surface area contributed by atoms with Gasteiger partial charge in [-0.1, -0.05) is 13.8 Å². The summed E-state index contributed by atoms with van der Waals surface area (Å²) < 4.78 is 15.2. The molecule has 20 heavy (non-hydrogen) atoms. The Hall–Kier alpha value is -1.49. The highest BCUT2D eigenvalue weighted by Crippen LogP contribution is 2.28. The zero-order chi connectivity index (χ0) is 14.5. The highest BCUT2D eigenvalue weighted by Gasteiger charge is 2.09. The molecule has 5 heteroatoms. The minimum absolute atomic E-state index is 0.260. The summed E-state index contributed by atoms with van der Waals surface area (Å²) in [6, 6.07) is 6.91. The lowest BCUT2D eigenvalue weighted by Crippen LogP contribution is -2.07. The molecule has 0 saturated carbocycles. The number of nitrogen functional groups attached to an aromatic ring is 1. The van der Waals surface area contributed by atoms with Gasteiger partial charge in [0.25, 0.3) is 0 Å². The van der Waals surface area contributed by atoms with E-state index in [4.69, 9.17) is 5.73 Å². The fourth-order valence-electron chi connectivity index (χ4n) is 2.11. The second kappa shape index (κ2) is 6.79. The van der Waals surface area contributed by atoms with Gasteiger partial charge in [-0.3, -0.25) is 4.68 Å². The van der Waals surface area contributed by atoms with Crippen LogP contribution < -0.4 is 5.73 Å². The Kier molecular flexibility index (Phi) is 5.06. The van der Waals surface area contributed by atoms with Gasteiger partial charge in [0.05, 0.1) is 11.7 Å². The quantitative estimate of drug-likeness (QED) is 0.639. The van der Waals surface area contributed by atoms with E-state index in [-0.39, 0.29) is 5.82 Å². The second-order valence-corrected chi connectivity index (χ2v) is 5.75. The number of aromatic nitrogens is 2. The monoisotopic (exact) mass is 293 g/mol. The first-order valence-electron chi connectivity index (χ1n) is 6.85. The molecule has 2 rings (SSSR count). The molecular weight excluding hydrogens is 273 g/mol. The average Bonchev–Trinajstić information content (AvgIpc) is 2.90. The van der Waals surface area contributed by atoms with Crippen molar-refractivity contribution in [2.45, 2.75) is 43.4 Å². The molecule has 0 aliphatic carbocycles. The number of benzene rings is 1. The molecule has 1 heterocycles. The summed E-state index contributed by atoms with van der Waals surface area (Å²) in [5.74, 6) is 0.435. The number of hydrogen-bond acceptors (Lipinski definition) is 3. The van der Waals surface area contributed by atoms with Crippen LogP contribution in [-0.2, 0) is 5.75 Å². The first-order valence-corrected chi connectivity index (χ1v) is 7.84. The van der Waals surface area contributed by atoms with E-state index in [1.54, 1.807) is 6.07 Å². The van der Waals surface area contributed by atoms with Crippen LogP contribution in [0.15, 0.2) is 35.4 Å². The number of hydrogen-bond donors (Lipinski definition) is 1. The van der Waals surface area contributed by atoms with E-state index in [1.165, 1.54) is 23.9 Å². The Morgan fingerprint density at radius 1 is 1.30 bits per heavy atom. The van der Waals surface area contributed by atoms with Crippen molar-refractivity contribution in [3.8, 4) is 0 Å². The third kappa shape index (κ3) is 3.54. The van der Waals surface area contributed by atoms with Gasteiger partial charge in [-0.05, 0) is 37.1 Å². The molecule has 3 nitrogen and oxygen atoms in total. The molecular formula is C15H20FN3S. The van der Waals surface area contributed by atoms with Gasteiger partial charge in [0.2, 0.25) is 0 Å². The fourth-order valence-corrected chi connectivity index (χ4v) is 2.99. The molecule has 0 spiro atoms. The maximum Gasteiger partial charge on any atom is 0.124 e. The number of nitrogens with zero attached hydrogens (tertiary/aromatic N) is 2. The number of anilines is 1. The molecule has 0 bridgehead atoms. The molecule has 1 aromatic carbocycles. The highest BCUT2D eigenvalue weighted by molar-refractivity contribution is 7.98. The standard InChI is InChI=1S/C15H20FN3S/c1-3-13(4-2)19-8-7-12(18-19)10-20-15-9-11(16)5-6-14(15)17/h5-9,13H,3-4,10,17H2,1-2H3. The Morgan fingerprint density at radius 3 is 2.75 bits per heavy atom. The number of rotatable bonds is 6. The molecule has 1 aromatic heterocycles. The van der Waals surface area contributed by atoms with Crippen molar-refractivity contribution >= 4 is 17.4 Å². The van der Waals surface area contributed by atoms with Crippen molar-refractivity contribution < 1.29 is 4.39 Å². The molecule has 0 aliphatic rings. The van der Waals surface area contributed by atoms with E-state index >= 15 is 0 Å². The third-order valence-electron chi connectivity index (χ3n) is 3.33. The van der Waals surface area contributed by atoms with Gasteiger partial charge in [-0.15, -0.1) is 11.8 Å². The van der Waals surface area contributed by atoms with Gasteiger partial charge in [0, 0.05) is 22.5 Å². The number of nitrogens with two attached hydrogens (primary N) is 1. The van der Waals surface area contributed by atoms with E-state index in [9.17, 15) is 4.39 Å². The first kappa shape index (κ1) is 14.9. The van der Waals surface area contributed by atoms with Crippen molar-refractivity contribution in [2.75, 3.05) is 5.73 Å². The lowest BCUT2D eigenvalue weighted by Gasteiger charge is -2.12. The van der Waals surface area contributed by atoms with Crippen LogP contribution >= 0.6 is 11.8 Å². The van der Waals surface area contributed by atoms with Gasteiger partial charge < -0.3 is 5.73 Å². The van der Waals surface area contributed by atoms with Crippen molar-refractivity contribution in [3.63, 3.8) is 0 Å². The van der Waals surface area contributed by atoms with E-state index in [2.05, 4.69) is 18.9 Å². The van der Waals surface area contributed by atoms with E-state index in [1.807, 2.05) is 16.9 Å². The SMILES string of the molecule is CCC(CC)n1ccc(CSc2cc(F)ccc2N)n1. The first-order chi connectivity index (χ1) is 9.63. The van der Waals surface area contributed by atoms with Crippen LogP contribution in [-0.4, -0.2) is 9.78 Å². The molecule has 108 valence electrons. The van der Waals surface area contributed by atoms with Crippen molar-refractivity contribution in [3.05, 3.63) is 42.0 Å². The highest BCUT2D eigenvalue weighted by atomic mass is 32.2. The molecule has 0 aliphatic heterocycles. The lowest BCUT2D eigenvalue weighted by molar-refractivity contribution is 0.426. The summed E-state index contributed by atoms with van der Waals surface area (Å²) in [7, 11) is 0. The van der Waals surface area contributed by atoms with Gasteiger partial charge >= 0.3 is 0 Å². The van der Waals surface area contributed by atoms with Gasteiger partial charge in [-0.2, -0.15) is 5.10 Å². The van der Waals surface area contributed by atoms with E-state index in [0.717, 1.165) is 23.4 Å². The second-order valence-electron chi connectivity index (χ2n) is 4.73. The molecule has 2 aromatic rings. The van der Waals surface area contributed by atoms with Crippen molar-refractivity contribution in [2.24, 2.45) is 0 Å². The van der Waals surface area contributed by atoms with Crippen LogP contribution in [0.5, 0.6) is 0 Å². The van der Waals surface area contributed by atoms with Crippen LogP contribution in [0, 0.1) is 5.82 Å². The van der Waals surface area contributed by atoms with E-state index in [0.29, 0.717) is 17.5 Å². The molecule has 0 saturated heterocycles. The molecule has 0 atom stereocenters. The fraction of sp³-hybridized carbons (Fsp3) is 0.400.